The zero-order chi connectivity index (χ0) is 15.4. The molecule has 5 heteroatoms. The maximum Gasteiger partial charge on any atom is 0.140 e. The van der Waals surface area contributed by atoms with E-state index in [-0.39, 0.29) is 11.9 Å². The van der Waals surface area contributed by atoms with Crippen LogP contribution in [0, 0.1) is 5.82 Å². The Morgan fingerprint density at radius 2 is 2.18 bits per heavy atom. The van der Waals surface area contributed by atoms with Crippen molar-refractivity contribution in [2.75, 3.05) is 13.6 Å². The number of aromatic nitrogens is 1. The zero-order valence-corrected chi connectivity index (χ0v) is 13.1. The van der Waals surface area contributed by atoms with Crippen LogP contribution in [0.2, 0.25) is 0 Å². The molecule has 0 fully saturated rings. The fourth-order valence-corrected chi connectivity index (χ4v) is 3.22. The molecule has 2 heterocycles. The number of ether oxygens (including phenoxy) is 1. The van der Waals surface area contributed by atoms with Crippen LogP contribution < -0.4 is 10.1 Å². The molecular formula is C17H17FN2OS. The van der Waals surface area contributed by atoms with Crippen LogP contribution >= 0.6 is 11.3 Å². The Morgan fingerprint density at radius 3 is 2.95 bits per heavy atom. The van der Waals surface area contributed by atoms with Gasteiger partial charge in [0.25, 0.3) is 0 Å². The van der Waals surface area contributed by atoms with Gasteiger partial charge in [0, 0.05) is 18.0 Å². The second kappa shape index (κ2) is 6.85. The molecule has 1 aromatic carbocycles. The first kappa shape index (κ1) is 14.9. The minimum atomic E-state index is -0.307. The molecule has 0 aliphatic heterocycles. The number of rotatable bonds is 6. The molecule has 0 bridgehead atoms. The Kier molecular flexibility index (Phi) is 4.65. The van der Waals surface area contributed by atoms with E-state index in [1.54, 1.807) is 11.6 Å². The number of thiophene rings is 1. The van der Waals surface area contributed by atoms with E-state index in [9.17, 15) is 4.39 Å². The highest BCUT2D eigenvalue weighted by Gasteiger charge is 2.19. The molecule has 0 radical (unpaired) electrons. The average Bonchev–Trinajstić information content (AvgIpc) is 2.97. The first-order valence-electron chi connectivity index (χ1n) is 7.17. The number of fused-ring (bicyclic) bond motifs is 1. The molecule has 0 saturated heterocycles. The molecule has 0 saturated carbocycles. The highest BCUT2D eigenvalue weighted by Crippen LogP contribution is 2.33. The van der Waals surface area contributed by atoms with Crippen molar-refractivity contribution in [3.8, 4) is 5.75 Å². The predicted octanol–water partition coefficient (Wildman–Crippen LogP) is 4.17. The van der Waals surface area contributed by atoms with Crippen LogP contribution in [0.25, 0.3) is 10.9 Å². The van der Waals surface area contributed by atoms with Crippen molar-refractivity contribution in [2.45, 2.75) is 12.5 Å². The number of nitrogens with one attached hydrogen (secondary N) is 1. The lowest BCUT2D eigenvalue weighted by atomic mass is 10.1. The van der Waals surface area contributed by atoms with E-state index in [4.69, 9.17) is 4.74 Å². The van der Waals surface area contributed by atoms with Gasteiger partial charge in [0.2, 0.25) is 0 Å². The lowest BCUT2D eigenvalue weighted by Crippen LogP contribution is -2.16. The van der Waals surface area contributed by atoms with Gasteiger partial charge in [0.05, 0.1) is 10.4 Å². The third-order valence-corrected chi connectivity index (χ3v) is 4.45. The number of nitrogens with zero attached hydrogens (tertiary/aromatic N) is 1. The molecule has 1 N–H and O–H groups in total. The second-order valence-corrected chi connectivity index (χ2v) is 5.91. The molecule has 0 aliphatic rings. The Labute approximate surface area is 132 Å². The van der Waals surface area contributed by atoms with Crippen LogP contribution in [0.3, 0.4) is 0 Å². The Hall–Kier alpha value is -1.98. The van der Waals surface area contributed by atoms with Gasteiger partial charge in [-0.3, -0.25) is 4.98 Å². The monoisotopic (exact) mass is 316 g/mol. The van der Waals surface area contributed by atoms with Crippen molar-refractivity contribution < 1.29 is 9.13 Å². The van der Waals surface area contributed by atoms with Crippen molar-refractivity contribution in [1.82, 2.24) is 10.3 Å². The fraction of sp³-hybridized carbons (Fsp3) is 0.235. The van der Waals surface area contributed by atoms with Crippen molar-refractivity contribution >= 4 is 22.2 Å². The van der Waals surface area contributed by atoms with E-state index in [1.807, 2.05) is 37.4 Å². The summed E-state index contributed by atoms with van der Waals surface area (Å²) in [6.07, 6.45) is 2.15. The summed E-state index contributed by atoms with van der Waals surface area (Å²) in [4.78, 5) is 4.96. The van der Waals surface area contributed by atoms with Crippen LogP contribution in [0.15, 0.2) is 48.0 Å². The highest BCUT2D eigenvalue weighted by molar-refractivity contribution is 7.10. The zero-order valence-electron chi connectivity index (χ0n) is 12.3. The van der Waals surface area contributed by atoms with E-state index >= 15 is 0 Å². The topological polar surface area (TPSA) is 34.1 Å². The molecule has 1 atom stereocenters. The summed E-state index contributed by atoms with van der Waals surface area (Å²) >= 11 is 1.39. The molecule has 0 unspecified atom stereocenters. The molecule has 3 aromatic rings. The van der Waals surface area contributed by atoms with Crippen LogP contribution in [0.4, 0.5) is 4.39 Å². The van der Waals surface area contributed by atoms with Gasteiger partial charge >= 0.3 is 0 Å². The Balaban J connectivity index is 1.93. The summed E-state index contributed by atoms with van der Waals surface area (Å²) < 4.78 is 20.1. The third kappa shape index (κ3) is 3.10. The predicted molar refractivity (Wildman–Crippen MR) is 87.9 cm³/mol. The molecule has 3 nitrogen and oxygen atoms in total. The summed E-state index contributed by atoms with van der Waals surface area (Å²) in [5.41, 5.74) is 0.874. The van der Waals surface area contributed by atoms with Gasteiger partial charge in [-0.1, -0.05) is 6.07 Å². The lowest BCUT2D eigenvalue weighted by molar-refractivity contribution is 0.197. The smallest absolute Gasteiger partial charge is 0.140 e. The van der Waals surface area contributed by atoms with Crippen molar-refractivity contribution in [3.63, 3.8) is 0 Å². The van der Waals surface area contributed by atoms with E-state index in [0.717, 1.165) is 23.2 Å². The van der Waals surface area contributed by atoms with Gasteiger partial charge in [-0.25, -0.2) is 4.39 Å². The Bertz CT molecular complexity index is 754. The fourth-order valence-electron chi connectivity index (χ4n) is 2.39. The number of halogens is 1. The Morgan fingerprint density at radius 1 is 1.27 bits per heavy atom. The van der Waals surface area contributed by atoms with E-state index in [1.165, 1.54) is 17.4 Å². The van der Waals surface area contributed by atoms with Crippen LogP contribution in [0.1, 0.15) is 17.4 Å². The summed E-state index contributed by atoms with van der Waals surface area (Å²) in [6.45, 7) is 0.755. The standard InChI is InChI=1S/C17H17FN2OS/c1-19-10-7-16(17-13(18)8-11-22-17)21-15-6-2-5-14-12(15)4-3-9-20-14/h2-6,8-9,11,16,19H,7,10H2,1H3/t16-/m1/s1. The molecule has 22 heavy (non-hydrogen) atoms. The maximum atomic E-state index is 13.9. The largest absolute Gasteiger partial charge is 0.484 e. The summed E-state index contributed by atoms with van der Waals surface area (Å²) in [5.74, 6) is 0.531. The molecule has 0 spiro atoms. The summed E-state index contributed by atoms with van der Waals surface area (Å²) in [5, 5.41) is 5.79. The van der Waals surface area contributed by atoms with Crippen molar-refractivity contribution in [1.29, 1.82) is 0 Å². The van der Waals surface area contributed by atoms with Gasteiger partial charge in [-0.15, -0.1) is 11.3 Å². The number of hydrogen-bond acceptors (Lipinski definition) is 4. The SMILES string of the molecule is CNCC[C@@H](Oc1cccc2ncccc12)c1sccc1F. The molecule has 3 rings (SSSR count). The van der Waals surface area contributed by atoms with Gasteiger partial charge in [0.15, 0.2) is 0 Å². The minimum Gasteiger partial charge on any atom is -0.484 e. The molecule has 2 aromatic heterocycles. The average molecular weight is 316 g/mol. The minimum absolute atomic E-state index is 0.204. The summed E-state index contributed by atoms with van der Waals surface area (Å²) in [6, 6.07) is 11.1. The van der Waals surface area contributed by atoms with E-state index < -0.39 is 0 Å². The van der Waals surface area contributed by atoms with Crippen molar-refractivity contribution in [2.24, 2.45) is 0 Å². The first-order chi connectivity index (χ1) is 10.8. The molecule has 114 valence electrons. The van der Waals surface area contributed by atoms with Gasteiger partial charge in [0.1, 0.15) is 17.7 Å². The quantitative estimate of drug-likeness (QED) is 0.741. The van der Waals surface area contributed by atoms with Crippen LogP contribution in [-0.2, 0) is 0 Å². The maximum absolute atomic E-state index is 13.9. The molecule has 0 amide bonds. The van der Waals surface area contributed by atoms with Crippen LogP contribution in [0.5, 0.6) is 5.75 Å². The number of pyridine rings is 1. The lowest BCUT2D eigenvalue weighted by Gasteiger charge is -2.19. The molecule has 0 aliphatic carbocycles. The van der Waals surface area contributed by atoms with E-state index in [0.29, 0.717) is 11.3 Å². The van der Waals surface area contributed by atoms with Crippen molar-refractivity contribution in [3.05, 3.63) is 58.7 Å². The second-order valence-electron chi connectivity index (χ2n) is 4.96. The van der Waals surface area contributed by atoms with Gasteiger partial charge in [-0.2, -0.15) is 0 Å². The highest BCUT2D eigenvalue weighted by atomic mass is 32.1. The normalized spacial score (nSPS) is 12.5. The van der Waals surface area contributed by atoms with Gasteiger partial charge < -0.3 is 10.1 Å². The number of hydrogen-bond donors (Lipinski definition) is 1. The van der Waals surface area contributed by atoms with Gasteiger partial charge in [-0.05, 0) is 49.3 Å². The first-order valence-corrected chi connectivity index (χ1v) is 8.05. The molecular weight excluding hydrogens is 299 g/mol. The van der Waals surface area contributed by atoms with Crippen LogP contribution in [-0.4, -0.2) is 18.6 Å². The summed E-state index contributed by atoms with van der Waals surface area (Å²) in [7, 11) is 1.88. The van der Waals surface area contributed by atoms with E-state index in [2.05, 4.69) is 10.3 Å². The number of benzene rings is 1. The third-order valence-electron chi connectivity index (χ3n) is 3.47.